The van der Waals surface area contributed by atoms with Gasteiger partial charge >= 0.3 is 0 Å². The zero-order chi connectivity index (χ0) is 29.8. The van der Waals surface area contributed by atoms with Gasteiger partial charge in [-0.2, -0.15) is 0 Å². The summed E-state index contributed by atoms with van der Waals surface area (Å²) < 4.78 is 33.5. The topological polar surface area (TPSA) is 204 Å². The van der Waals surface area contributed by atoms with Gasteiger partial charge in [-0.25, -0.2) is 23.1 Å². The number of halogens is 1. The number of hydrogen-bond donors (Lipinski definition) is 5. The maximum Gasteiger partial charge on any atom is 0.280 e. The molecule has 2 aliphatic rings. The second kappa shape index (κ2) is 12.7. The summed E-state index contributed by atoms with van der Waals surface area (Å²) in [5, 5.41) is 5.79. The predicted octanol–water partition coefficient (Wildman–Crippen LogP) is 1.89. The Labute approximate surface area is 243 Å². The average molecular weight is 607 g/mol. The van der Waals surface area contributed by atoms with Crippen molar-refractivity contribution in [2.75, 3.05) is 31.2 Å². The molecule has 13 nitrogen and oxygen atoms in total. The van der Waals surface area contributed by atoms with Crippen LogP contribution in [0.25, 0.3) is 0 Å². The summed E-state index contributed by atoms with van der Waals surface area (Å²) in [4.78, 5) is 38.2. The standard InChI is InChI=1S/C26H35ClN8O5S/c1-15(2)40-12-4-11-31-41(38,39)18-6-3-5-17(13-18)20(36)16-7-9-26(10-8-16)14-30-25(35-26)34-24(37)19-22(28)33-23(29)21(27)32-19/h3,5-6,13,15-16,31H,4,7-12,14H2,1-2H3,(H4,28,29,33)(H2,30,34,35,37). The van der Waals surface area contributed by atoms with Crippen molar-refractivity contribution in [3.63, 3.8) is 0 Å². The molecule has 1 fully saturated rings. The molecule has 1 saturated carbocycles. The fraction of sp³-hybridized carbons (Fsp3) is 0.500. The van der Waals surface area contributed by atoms with E-state index in [1.165, 1.54) is 12.1 Å². The Bertz CT molecular complexity index is 1440. The first-order valence-electron chi connectivity index (χ1n) is 13.4. The Balaban J connectivity index is 1.30. The van der Waals surface area contributed by atoms with E-state index < -0.39 is 21.5 Å². The van der Waals surface area contributed by atoms with E-state index in [-0.39, 0.29) is 57.7 Å². The Morgan fingerprint density at radius 3 is 2.63 bits per heavy atom. The maximum atomic E-state index is 13.3. The first-order chi connectivity index (χ1) is 19.4. The SMILES string of the molecule is CC(C)OCCCNS(=O)(=O)c1cccc(C(=O)C2CCC3(CC2)CN=C(NC(=O)c2nc(Cl)c(N)nc2N)N3)c1. The largest absolute Gasteiger partial charge is 0.382 e. The van der Waals surface area contributed by atoms with Gasteiger partial charge in [-0.1, -0.05) is 23.7 Å². The van der Waals surface area contributed by atoms with Crippen LogP contribution in [-0.2, 0) is 14.8 Å². The molecular weight excluding hydrogens is 572 g/mol. The lowest BCUT2D eigenvalue weighted by Crippen LogP contribution is -2.52. The molecule has 222 valence electrons. The minimum atomic E-state index is -3.76. The molecule has 0 bridgehead atoms. The molecule has 2 heterocycles. The van der Waals surface area contributed by atoms with Crippen molar-refractivity contribution in [1.82, 2.24) is 25.3 Å². The maximum absolute atomic E-state index is 13.3. The third-order valence-corrected chi connectivity index (χ3v) is 8.82. The lowest BCUT2D eigenvalue weighted by Gasteiger charge is -2.36. The molecule has 0 saturated heterocycles. The summed E-state index contributed by atoms with van der Waals surface area (Å²) in [6.45, 7) is 4.96. The second-order valence-electron chi connectivity index (χ2n) is 10.5. The van der Waals surface area contributed by atoms with Crippen LogP contribution in [0.4, 0.5) is 11.6 Å². The average Bonchev–Trinajstić information content (AvgIpc) is 3.31. The number of benzene rings is 1. The quantitative estimate of drug-likeness (QED) is 0.196. The van der Waals surface area contributed by atoms with E-state index in [0.717, 1.165) is 0 Å². The lowest BCUT2D eigenvalue weighted by atomic mass is 9.74. The summed E-state index contributed by atoms with van der Waals surface area (Å²) in [5.41, 5.74) is 11.1. The molecule has 41 heavy (non-hydrogen) atoms. The zero-order valence-electron chi connectivity index (χ0n) is 22.9. The molecule has 0 radical (unpaired) electrons. The molecule has 1 amide bonds. The van der Waals surface area contributed by atoms with Crippen molar-refractivity contribution in [2.24, 2.45) is 10.9 Å². The lowest BCUT2D eigenvalue weighted by molar-refractivity contribution is 0.0777. The highest BCUT2D eigenvalue weighted by molar-refractivity contribution is 7.89. The number of nitrogens with zero attached hydrogens (tertiary/aromatic N) is 3. The fourth-order valence-electron chi connectivity index (χ4n) is 4.86. The van der Waals surface area contributed by atoms with Crippen molar-refractivity contribution in [2.45, 2.75) is 62.5 Å². The number of nitrogens with two attached hydrogens (primary N) is 2. The number of nitrogens with one attached hydrogen (secondary N) is 3. The van der Waals surface area contributed by atoms with Crippen LogP contribution in [0.15, 0.2) is 34.2 Å². The highest BCUT2D eigenvalue weighted by Gasteiger charge is 2.41. The molecule has 4 rings (SSSR count). The Morgan fingerprint density at radius 1 is 1.20 bits per heavy atom. The number of ketones is 1. The van der Waals surface area contributed by atoms with E-state index in [9.17, 15) is 18.0 Å². The van der Waals surface area contributed by atoms with Gasteiger partial charge in [0.1, 0.15) is 0 Å². The van der Waals surface area contributed by atoms with Crippen molar-refractivity contribution in [1.29, 1.82) is 0 Å². The number of sulfonamides is 1. The number of hydrogen-bond acceptors (Lipinski definition) is 11. The number of carbonyl (C=O) groups is 2. The number of anilines is 2. The molecule has 1 aromatic carbocycles. The molecule has 0 atom stereocenters. The van der Waals surface area contributed by atoms with E-state index >= 15 is 0 Å². The normalized spacial score (nSPS) is 20.6. The Morgan fingerprint density at radius 2 is 1.93 bits per heavy atom. The van der Waals surface area contributed by atoms with Gasteiger partial charge in [0.25, 0.3) is 5.91 Å². The van der Waals surface area contributed by atoms with Gasteiger partial charge < -0.3 is 21.5 Å². The van der Waals surface area contributed by atoms with E-state index in [2.05, 4.69) is 30.3 Å². The first kappa shape index (κ1) is 30.6. The van der Waals surface area contributed by atoms with E-state index in [4.69, 9.17) is 27.8 Å². The number of carbonyl (C=O) groups excluding carboxylic acids is 2. The number of aliphatic imine (C=N–C) groups is 1. The van der Waals surface area contributed by atoms with Gasteiger partial charge in [0.2, 0.25) is 10.0 Å². The number of guanidine groups is 1. The Kier molecular flexibility index (Phi) is 9.47. The monoisotopic (exact) mass is 606 g/mol. The molecule has 7 N–H and O–H groups in total. The van der Waals surface area contributed by atoms with E-state index in [0.29, 0.717) is 50.8 Å². The first-order valence-corrected chi connectivity index (χ1v) is 15.2. The van der Waals surface area contributed by atoms with Gasteiger partial charge in [-0.15, -0.1) is 0 Å². The van der Waals surface area contributed by atoms with Crippen LogP contribution >= 0.6 is 11.6 Å². The molecular formula is C26H35ClN8O5S. The van der Waals surface area contributed by atoms with Gasteiger partial charge in [0.15, 0.2) is 34.2 Å². The van der Waals surface area contributed by atoms with Gasteiger partial charge in [0, 0.05) is 24.6 Å². The van der Waals surface area contributed by atoms with E-state index in [1.807, 2.05) is 13.8 Å². The highest BCUT2D eigenvalue weighted by Crippen LogP contribution is 2.36. The third-order valence-electron chi connectivity index (χ3n) is 7.08. The van der Waals surface area contributed by atoms with Crippen molar-refractivity contribution < 1.29 is 22.7 Å². The molecule has 0 unspecified atom stereocenters. The summed E-state index contributed by atoms with van der Waals surface area (Å²) in [5.74, 6) is -0.931. The third kappa shape index (κ3) is 7.50. The van der Waals surface area contributed by atoms with Gasteiger partial charge in [-0.3, -0.25) is 19.9 Å². The van der Waals surface area contributed by atoms with Crippen molar-refractivity contribution >= 4 is 50.9 Å². The highest BCUT2D eigenvalue weighted by atomic mass is 35.5. The molecule has 1 aliphatic heterocycles. The molecule has 1 aromatic heterocycles. The van der Waals surface area contributed by atoms with Gasteiger partial charge in [0.05, 0.1) is 23.1 Å². The second-order valence-corrected chi connectivity index (χ2v) is 12.6. The molecule has 2 aromatic rings. The summed E-state index contributed by atoms with van der Waals surface area (Å²) in [6, 6.07) is 6.14. The number of nitrogen functional groups attached to an aromatic ring is 2. The van der Waals surface area contributed by atoms with Crippen LogP contribution in [-0.4, -0.2) is 67.4 Å². The van der Waals surface area contributed by atoms with Crippen LogP contribution < -0.4 is 26.8 Å². The van der Waals surface area contributed by atoms with Crippen LogP contribution in [0.2, 0.25) is 5.15 Å². The molecule has 1 spiro atoms. The minimum Gasteiger partial charge on any atom is -0.382 e. The number of aromatic nitrogens is 2. The molecule has 15 heteroatoms. The molecule has 1 aliphatic carbocycles. The van der Waals surface area contributed by atoms with Crippen LogP contribution in [0.1, 0.15) is 66.8 Å². The summed E-state index contributed by atoms with van der Waals surface area (Å²) >= 11 is 5.87. The summed E-state index contributed by atoms with van der Waals surface area (Å²) in [7, 11) is -3.76. The van der Waals surface area contributed by atoms with E-state index in [1.54, 1.807) is 12.1 Å². The zero-order valence-corrected chi connectivity index (χ0v) is 24.5. The fourth-order valence-corrected chi connectivity index (χ4v) is 6.10. The number of amides is 1. The minimum absolute atomic E-state index is 0.0550. The van der Waals surface area contributed by atoms with Crippen LogP contribution in [0.3, 0.4) is 0 Å². The van der Waals surface area contributed by atoms with Crippen molar-refractivity contribution in [3.8, 4) is 0 Å². The number of ether oxygens (including phenoxy) is 1. The predicted molar refractivity (Wildman–Crippen MR) is 155 cm³/mol. The number of Topliss-reactive ketones (excluding diaryl/α,β-unsaturated/α-hetero) is 1. The van der Waals surface area contributed by atoms with Crippen molar-refractivity contribution in [3.05, 3.63) is 40.7 Å². The smallest absolute Gasteiger partial charge is 0.280 e. The van der Waals surface area contributed by atoms with Gasteiger partial charge in [-0.05, 0) is 58.1 Å². The Hall–Kier alpha value is -3.33. The van der Waals surface area contributed by atoms with Crippen LogP contribution in [0, 0.1) is 5.92 Å². The van der Waals surface area contributed by atoms with Crippen LogP contribution in [0.5, 0.6) is 0 Å². The number of rotatable bonds is 10. The summed E-state index contributed by atoms with van der Waals surface area (Å²) in [6.07, 6.45) is 3.07.